The van der Waals surface area contributed by atoms with Crippen LogP contribution in [-0.4, -0.2) is 30.1 Å². The van der Waals surface area contributed by atoms with Gasteiger partial charge in [-0.15, -0.1) is 6.58 Å². The summed E-state index contributed by atoms with van der Waals surface area (Å²) in [6.07, 6.45) is -3.05. The SMILES string of the molecule is C=CCSCCNCc1cccc(NC(=O)C(F)(F)F)c1. The molecule has 0 spiro atoms. The summed E-state index contributed by atoms with van der Waals surface area (Å²) in [6.45, 7) is 4.94. The minimum Gasteiger partial charge on any atom is -0.318 e. The number of nitrogens with one attached hydrogen (secondary N) is 2. The van der Waals surface area contributed by atoms with Crippen LogP contribution in [0.5, 0.6) is 0 Å². The molecule has 0 bridgehead atoms. The van der Waals surface area contributed by atoms with E-state index in [2.05, 4.69) is 11.9 Å². The van der Waals surface area contributed by atoms with E-state index >= 15 is 0 Å². The molecule has 116 valence electrons. The standard InChI is InChI=1S/C14H17F3N2OS/c1-2-7-21-8-6-18-10-11-4-3-5-12(9-11)19-13(20)14(15,16)17/h2-5,9,18H,1,6-8,10H2,(H,19,20). The number of benzene rings is 1. The van der Waals surface area contributed by atoms with Crippen LogP contribution in [0.3, 0.4) is 0 Å². The van der Waals surface area contributed by atoms with E-state index in [-0.39, 0.29) is 5.69 Å². The van der Waals surface area contributed by atoms with Crippen molar-refractivity contribution in [3.63, 3.8) is 0 Å². The van der Waals surface area contributed by atoms with Gasteiger partial charge in [-0.05, 0) is 17.7 Å². The molecule has 1 aromatic rings. The molecule has 21 heavy (non-hydrogen) atoms. The fourth-order valence-corrected chi connectivity index (χ4v) is 2.13. The molecule has 0 atom stereocenters. The molecule has 0 fully saturated rings. The van der Waals surface area contributed by atoms with Crippen LogP contribution in [0.15, 0.2) is 36.9 Å². The highest BCUT2D eigenvalue weighted by Crippen LogP contribution is 2.18. The van der Waals surface area contributed by atoms with Crippen molar-refractivity contribution >= 4 is 23.4 Å². The molecule has 1 amide bonds. The Balaban J connectivity index is 2.42. The molecule has 0 unspecified atom stereocenters. The van der Waals surface area contributed by atoms with E-state index in [1.54, 1.807) is 23.9 Å². The second-order valence-electron chi connectivity index (χ2n) is 4.19. The first-order valence-corrected chi connectivity index (χ1v) is 7.45. The van der Waals surface area contributed by atoms with Gasteiger partial charge in [0.2, 0.25) is 0 Å². The normalized spacial score (nSPS) is 11.2. The number of carbonyl (C=O) groups is 1. The van der Waals surface area contributed by atoms with Crippen molar-refractivity contribution in [2.75, 3.05) is 23.4 Å². The summed E-state index contributed by atoms with van der Waals surface area (Å²) in [7, 11) is 0. The molecule has 0 radical (unpaired) electrons. The predicted molar refractivity (Wildman–Crippen MR) is 80.4 cm³/mol. The molecule has 7 heteroatoms. The van der Waals surface area contributed by atoms with Gasteiger partial charge in [-0.2, -0.15) is 24.9 Å². The van der Waals surface area contributed by atoms with Gasteiger partial charge < -0.3 is 10.6 Å². The minimum absolute atomic E-state index is 0.137. The van der Waals surface area contributed by atoms with Crippen LogP contribution in [0, 0.1) is 0 Å². The highest BCUT2D eigenvalue weighted by atomic mass is 32.2. The van der Waals surface area contributed by atoms with Gasteiger partial charge >= 0.3 is 12.1 Å². The Morgan fingerprint density at radius 2 is 2.14 bits per heavy atom. The quantitative estimate of drug-likeness (QED) is 0.571. The van der Waals surface area contributed by atoms with Crippen LogP contribution in [0.2, 0.25) is 0 Å². The predicted octanol–water partition coefficient (Wildman–Crippen LogP) is 3.20. The lowest BCUT2D eigenvalue weighted by Gasteiger charge is -2.10. The first-order chi connectivity index (χ1) is 9.93. The van der Waals surface area contributed by atoms with Crippen molar-refractivity contribution in [2.24, 2.45) is 0 Å². The van der Waals surface area contributed by atoms with Gasteiger partial charge in [-0.1, -0.05) is 18.2 Å². The average Bonchev–Trinajstić information content (AvgIpc) is 2.42. The van der Waals surface area contributed by atoms with E-state index in [0.717, 1.165) is 23.6 Å². The fourth-order valence-electron chi connectivity index (χ4n) is 1.50. The van der Waals surface area contributed by atoms with Gasteiger partial charge in [0.05, 0.1) is 0 Å². The Bertz CT molecular complexity index is 478. The number of thioether (sulfide) groups is 1. The molecule has 0 aliphatic heterocycles. The van der Waals surface area contributed by atoms with Crippen molar-refractivity contribution < 1.29 is 18.0 Å². The largest absolute Gasteiger partial charge is 0.471 e. The second-order valence-corrected chi connectivity index (χ2v) is 5.34. The Hall–Kier alpha value is -1.47. The van der Waals surface area contributed by atoms with Crippen LogP contribution >= 0.6 is 11.8 Å². The molecule has 3 nitrogen and oxygen atoms in total. The third-order valence-electron chi connectivity index (χ3n) is 2.43. The number of rotatable bonds is 8. The fraction of sp³-hybridized carbons (Fsp3) is 0.357. The van der Waals surface area contributed by atoms with Crippen LogP contribution < -0.4 is 10.6 Å². The van der Waals surface area contributed by atoms with Crippen molar-refractivity contribution in [3.05, 3.63) is 42.5 Å². The minimum atomic E-state index is -4.88. The molecule has 1 aromatic carbocycles. The molecule has 0 aromatic heterocycles. The second kappa shape index (κ2) is 8.74. The van der Waals surface area contributed by atoms with Crippen molar-refractivity contribution in [1.29, 1.82) is 0 Å². The Kier molecular flexibility index (Phi) is 7.31. The summed E-state index contributed by atoms with van der Waals surface area (Å²) >= 11 is 1.74. The summed E-state index contributed by atoms with van der Waals surface area (Å²) in [4.78, 5) is 10.8. The van der Waals surface area contributed by atoms with E-state index in [4.69, 9.17) is 0 Å². The number of anilines is 1. The van der Waals surface area contributed by atoms with E-state index in [9.17, 15) is 18.0 Å². The summed E-state index contributed by atoms with van der Waals surface area (Å²) < 4.78 is 36.5. The van der Waals surface area contributed by atoms with Gasteiger partial charge in [-0.25, -0.2) is 0 Å². The Morgan fingerprint density at radius 3 is 2.81 bits per heavy atom. The summed E-state index contributed by atoms with van der Waals surface area (Å²) in [6, 6.07) is 6.34. The van der Waals surface area contributed by atoms with Gasteiger partial charge in [0.25, 0.3) is 0 Å². The number of hydrogen-bond donors (Lipinski definition) is 2. The molecule has 0 saturated heterocycles. The average molecular weight is 318 g/mol. The molecule has 2 N–H and O–H groups in total. The molecule has 1 rings (SSSR count). The number of hydrogen-bond acceptors (Lipinski definition) is 3. The first-order valence-electron chi connectivity index (χ1n) is 6.30. The lowest BCUT2D eigenvalue weighted by atomic mass is 10.2. The van der Waals surface area contributed by atoms with Crippen LogP contribution in [-0.2, 0) is 11.3 Å². The first kappa shape index (κ1) is 17.6. The zero-order valence-electron chi connectivity index (χ0n) is 11.4. The van der Waals surface area contributed by atoms with Crippen molar-refractivity contribution in [3.8, 4) is 0 Å². The molecule has 0 aliphatic carbocycles. The monoisotopic (exact) mass is 318 g/mol. The molecular formula is C14H17F3N2OS. The van der Waals surface area contributed by atoms with Gasteiger partial charge in [0, 0.05) is 30.3 Å². The van der Waals surface area contributed by atoms with Gasteiger partial charge in [0.15, 0.2) is 0 Å². The topological polar surface area (TPSA) is 41.1 Å². The van der Waals surface area contributed by atoms with Crippen LogP contribution in [0.25, 0.3) is 0 Å². The van der Waals surface area contributed by atoms with Crippen LogP contribution in [0.1, 0.15) is 5.56 Å². The molecule has 0 heterocycles. The van der Waals surface area contributed by atoms with Gasteiger partial charge in [0.1, 0.15) is 0 Å². The van der Waals surface area contributed by atoms with Crippen LogP contribution in [0.4, 0.5) is 18.9 Å². The van der Waals surface area contributed by atoms with Gasteiger partial charge in [-0.3, -0.25) is 4.79 Å². The maximum atomic E-state index is 12.2. The highest BCUT2D eigenvalue weighted by Gasteiger charge is 2.38. The number of carbonyl (C=O) groups excluding carboxylic acids is 1. The highest BCUT2D eigenvalue weighted by molar-refractivity contribution is 7.99. The van der Waals surface area contributed by atoms with E-state index in [1.807, 2.05) is 11.4 Å². The zero-order valence-corrected chi connectivity index (χ0v) is 12.2. The van der Waals surface area contributed by atoms with Crippen molar-refractivity contribution in [2.45, 2.75) is 12.7 Å². The summed E-state index contributed by atoms with van der Waals surface area (Å²) in [5.41, 5.74) is 0.946. The van der Waals surface area contributed by atoms with E-state index in [0.29, 0.717) is 6.54 Å². The lowest BCUT2D eigenvalue weighted by Crippen LogP contribution is -2.30. The lowest BCUT2D eigenvalue weighted by molar-refractivity contribution is -0.167. The summed E-state index contributed by atoms with van der Waals surface area (Å²) in [5.74, 6) is -0.148. The maximum Gasteiger partial charge on any atom is 0.471 e. The third kappa shape index (κ3) is 7.19. The number of alkyl halides is 3. The van der Waals surface area contributed by atoms with E-state index < -0.39 is 12.1 Å². The molecular weight excluding hydrogens is 301 g/mol. The number of halogens is 3. The summed E-state index contributed by atoms with van der Waals surface area (Å²) in [5, 5.41) is 5.01. The maximum absolute atomic E-state index is 12.2. The molecule has 0 saturated carbocycles. The van der Waals surface area contributed by atoms with E-state index in [1.165, 1.54) is 12.1 Å². The Morgan fingerprint density at radius 1 is 1.38 bits per heavy atom. The number of amides is 1. The zero-order chi connectivity index (χ0) is 15.7. The van der Waals surface area contributed by atoms with Crippen molar-refractivity contribution in [1.82, 2.24) is 5.32 Å². The Labute approximate surface area is 126 Å². The smallest absolute Gasteiger partial charge is 0.318 e. The molecule has 0 aliphatic rings. The third-order valence-corrected chi connectivity index (χ3v) is 3.39.